The van der Waals surface area contributed by atoms with Crippen LogP contribution in [0.5, 0.6) is 17.2 Å². The molecular weight excluding hydrogens is 244 g/mol. The van der Waals surface area contributed by atoms with Crippen LogP contribution in [0.15, 0.2) is 18.2 Å². The van der Waals surface area contributed by atoms with E-state index in [1.807, 2.05) is 18.2 Å². The Morgan fingerprint density at radius 2 is 2.00 bits per heavy atom. The molecule has 0 atom stereocenters. The maximum Gasteiger partial charge on any atom is 0.231 e. The third-order valence-electron chi connectivity index (χ3n) is 3.65. The van der Waals surface area contributed by atoms with Crippen molar-refractivity contribution in [3.63, 3.8) is 0 Å². The largest absolute Gasteiger partial charge is 0.492 e. The molecule has 0 aromatic heterocycles. The van der Waals surface area contributed by atoms with Crippen molar-refractivity contribution in [2.24, 2.45) is 5.73 Å². The lowest BCUT2D eigenvalue weighted by atomic mass is 10.1. The molecule has 0 radical (unpaired) electrons. The number of nitrogens with zero attached hydrogens (tertiary/aromatic N) is 1. The molecule has 2 heterocycles. The molecule has 104 valence electrons. The van der Waals surface area contributed by atoms with Gasteiger partial charge in [0.05, 0.1) is 0 Å². The van der Waals surface area contributed by atoms with E-state index in [4.69, 9.17) is 19.9 Å². The molecule has 0 bridgehead atoms. The van der Waals surface area contributed by atoms with Gasteiger partial charge in [0, 0.05) is 18.7 Å². The number of fused-ring (bicyclic) bond motifs is 1. The molecule has 2 aliphatic heterocycles. The standard InChI is InChI=1S/C14H20N2O3/c15-11-3-5-16(6-4-11)7-8-17-12-1-2-13-14(9-12)19-10-18-13/h1-2,9,11H,3-8,10,15H2. The van der Waals surface area contributed by atoms with Gasteiger partial charge in [-0.3, -0.25) is 4.90 Å². The lowest BCUT2D eigenvalue weighted by molar-refractivity contribution is 0.171. The maximum absolute atomic E-state index is 5.89. The summed E-state index contributed by atoms with van der Waals surface area (Å²) >= 11 is 0. The minimum absolute atomic E-state index is 0.298. The van der Waals surface area contributed by atoms with Gasteiger partial charge < -0.3 is 19.9 Å². The number of ether oxygens (including phenoxy) is 3. The first-order valence-electron chi connectivity index (χ1n) is 6.81. The number of likely N-dealkylation sites (tertiary alicyclic amines) is 1. The summed E-state index contributed by atoms with van der Waals surface area (Å²) in [5, 5.41) is 0. The minimum Gasteiger partial charge on any atom is -0.492 e. The molecule has 2 aliphatic rings. The Hall–Kier alpha value is -1.46. The van der Waals surface area contributed by atoms with Gasteiger partial charge in [-0.15, -0.1) is 0 Å². The molecule has 1 fully saturated rings. The Morgan fingerprint density at radius 1 is 1.21 bits per heavy atom. The van der Waals surface area contributed by atoms with Crippen LogP contribution in [0.1, 0.15) is 12.8 Å². The molecule has 0 unspecified atom stereocenters. The summed E-state index contributed by atoms with van der Waals surface area (Å²) in [7, 11) is 0. The second-order valence-electron chi connectivity index (χ2n) is 5.04. The molecule has 5 heteroatoms. The predicted molar refractivity (Wildman–Crippen MR) is 71.7 cm³/mol. The fourth-order valence-corrected chi connectivity index (χ4v) is 2.44. The molecule has 1 saturated heterocycles. The Balaban J connectivity index is 1.45. The lowest BCUT2D eigenvalue weighted by Gasteiger charge is -2.29. The predicted octanol–water partition coefficient (Wildman–Crippen LogP) is 1.22. The van der Waals surface area contributed by atoms with Crippen LogP contribution in [0.3, 0.4) is 0 Å². The smallest absolute Gasteiger partial charge is 0.231 e. The van der Waals surface area contributed by atoms with E-state index in [9.17, 15) is 0 Å². The number of benzene rings is 1. The normalized spacial score (nSPS) is 19.6. The topological polar surface area (TPSA) is 57.0 Å². The van der Waals surface area contributed by atoms with Crippen LogP contribution in [0.25, 0.3) is 0 Å². The molecule has 0 aliphatic carbocycles. The second-order valence-corrected chi connectivity index (χ2v) is 5.04. The van der Waals surface area contributed by atoms with Crippen molar-refractivity contribution in [3.8, 4) is 17.2 Å². The van der Waals surface area contributed by atoms with E-state index < -0.39 is 0 Å². The first-order chi connectivity index (χ1) is 9.31. The molecule has 3 rings (SSSR count). The third kappa shape index (κ3) is 3.11. The minimum atomic E-state index is 0.298. The molecule has 5 nitrogen and oxygen atoms in total. The molecule has 1 aromatic carbocycles. The van der Waals surface area contributed by atoms with Crippen LogP contribution < -0.4 is 19.9 Å². The molecule has 0 spiro atoms. The number of hydrogen-bond donors (Lipinski definition) is 1. The van der Waals surface area contributed by atoms with E-state index in [1.165, 1.54) is 0 Å². The maximum atomic E-state index is 5.89. The van der Waals surface area contributed by atoms with Crippen LogP contribution >= 0.6 is 0 Å². The first-order valence-corrected chi connectivity index (χ1v) is 6.81. The average Bonchev–Trinajstić information content (AvgIpc) is 2.88. The first kappa shape index (κ1) is 12.6. The number of hydrogen-bond acceptors (Lipinski definition) is 5. The third-order valence-corrected chi connectivity index (χ3v) is 3.65. The summed E-state index contributed by atoms with van der Waals surface area (Å²) in [6, 6.07) is 6.07. The van der Waals surface area contributed by atoms with Crippen LogP contribution in [0.4, 0.5) is 0 Å². The second kappa shape index (κ2) is 5.67. The average molecular weight is 264 g/mol. The summed E-state index contributed by atoms with van der Waals surface area (Å²) in [5.74, 6) is 2.39. The van der Waals surface area contributed by atoms with Crippen LogP contribution in [-0.2, 0) is 0 Å². The van der Waals surface area contributed by atoms with E-state index in [0.717, 1.165) is 49.7 Å². The fourth-order valence-electron chi connectivity index (χ4n) is 2.44. The van der Waals surface area contributed by atoms with Crippen molar-refractivity contribution in [3.05, 3.63) is 18.2 Å². The van der Waals surface area contributed by atoms with E-state index >= 15 is 0 Å². The number of rotatable bonds is 4. The number of piperidine rings is 1. The summed E-state index contributed by atoms with van der Waals surface area (Å²) in [6.45, 7) is 4.08. The summed E-state index contributed by atoms with van der Waals surface area (Å²) < 4.78 is 16.3. The van der Waals surface area contributed by atoms with Crippen molar-refractivity contribution < 1.29 is 14.2 Å². The quantitative estimate of drug-likeness (QED) is 0.886. The van der Waals surface area contributed by atoms with E-state index in [2.05, 4.69) is 4.90 Å². The monoisotopic (exact) mass is 264 g/mol. The van der Waals surface area contributed by atoms with Crippen molar-refractivity contribution >= 4 is 0 Å². The zero-order chi connectivity index (χ0) is 13.1. The van der Waals surface area contributed by atoms with Gasteiger partial charge in [-0.2, -0.15) is 0 Å². The van der Waals surface area contributed by atoms with Crippen LogP contribution in [0, 0.1) is 0 Å². The van der Waals surface area contributed by atoms with E-state index in [1.54, 1.807) is 0 Å². The number of nitrogens with two attached hydrogens (primary N) is 1. The summed E-state index contributed by atoms with van der Waals surface area (Å²) in [6.07, 6.45) is 2.17. The van der Waals surface area contributed by atoms with Crippen LogP contribution in [0.2, 0.25) is 0 Å². The fraction of sp³-hybridized carbons (Fsp3) is 0.571. The lowest BCUT2D eigenvalue weighted by Crippen LogP contribution is -2.41. The van der Waals surface area contributed by atoms with Crippen molar-refractivity contribution in [1.29, 1.82) is 0 Å². The van der Waals surface area contributed by atoms with Crippen molar-refractivity contribution in [2.75, 3.05) is 33.0 Å². The Labute approximate surface area is 113 Å². The SMILES string of the molecule is NC1CCN(CCOc2ccc3c(c2)OCO3)CC1. The Bertz CT molecular complexity index is 431. The summed E-state index contributed by atoms with van der Waals surface area (Å²) in [5.41, 5.74) is 5.89. The van der Waals surface area contributed by atoms with Gasteiger partial charge in [0.1, 0.15) is 12.4 Å². The van der Waals surface area contributed by atoms with Gasteiger partial charge >= 0.3 is 0 Å². The highest BCUT2D eigenvalue weighted by atomic mass is 16.7. The van der Waals surface area contributed by atoms with Crippen molar-refractivity contribution in [1.82, 2.24) is 4.90 Å². The van der Waals surface area contributed by atoms with Gasteiger partial charge in [-0.05, 0) is 38.1 Å². The van der Waals surface area contributed by atoms with Gasteiger partial charge in [-0.1, -0.05) is 0 Å². The van der Waals surface area contributed by atoms with Gasteiger partial charge in [0.15, 0.2) is 11.5 Å². The van der Waals surface area contributed by atoms with Gasteiger partial charge in [0.2, 0.25) is 6.79 Å². The summed E-state index contributed by atoms with van der Waals surface area (Å²) in [4.78, 5) is 2.40. The molecular formula is C14H20N2O3. The zero-order valence-corrected chi connectivity index (χ0v) is 11.0. The Morgan fingerprint density at radius 3 is 2.84 bits per heavy atom. The van der Waals surface area contributed by atoms with E-state index in [-0.39, 0.29) is 0 Å². The molecule has 0 saturated carbocycles. The molecule has 19 heavy (non-hydrogen) atoms. The Kier molecular flexibility index (Phi) is 3.75. The highest BCUT2D eigenvalue weighted by Crippen LogP contribution is 2.35. The van der Waals surface area contributed by atoms with Crippen molar-refractivity contribution in [2.45, 2.75) is 18.9 Å². The molecule has 2 N–H and O–H groups in total. The van der Waals surface area contributed by atoms with Gasteiger partial charge in [0.25, 0.3) is 0 Å². The highest BCUT2D eigenvalue weighted by Gasteiger charge is 2.16. The zero-order valence-electron chi connectivity index (χ0n) is 11.0. The van der Waals surface area contributed by atoms with E-state index in [0.29, 0.717) is 19.4 Å². The molecule has 0 amide bonds. The highest BCUT2D eigenvalue weighted by molar-refractivity contribution is 5.46. The molecule has 1 aromatic rings. The van der Waals surface area contributed by atoms with Crippen LogP contribution in [-0.4, -0.2) is 44.0 Å². The van der Waals surface area contributed by atoms with Gasteiger partial charge in [-0.25, -0.2) is 0 Å².